The fourth-order valence-electron chi connectivity index (χ4n) is 1.03. The van der Waals surface area contributed by atoms with Gasteiger partial charge in [0.2, 0.25) is 0 Å². The average molecular weight is 229 g/mol. The van der Waals surface area contributed by atoms with Gasteiger partial charge >= 0.3 is 0 Å². The smallest absolute Gasteiger partial charge is 0.172 e. The van der Waals surface area contributed by atoms with Gasteiger partial charge < -0.3 is 5.73 Å². The van der Waals surface area contributed by atoms with Crippen molar-refractivity contribution in [2.24, 2.45) is 0 Å². The second-order valence-electron chi connectivity index (χ2n) is 2.68. The normalized spacial score (nSPS) is 10.4. The van der Waals surface area contributed by atoms with E-state index in [1.165, 1.54) is 17.1 Å². The molecule has 0 unspecified atom stereocenters. The first-order valence-corrected chi connectivity index (χ1v) is 4.54. The lowest BCUT2D eigenvalue weighted by Gasteiger charge is -2.02. The summed E-state index contributed by atoms with van der Waals surface area (Å²) in [6.07, 6.45) is 4.64. The van der Waals surface area contributed by atoms with Crippen LogP contribution in [0.4, 0.5) is 5.69 Å². The van der Waals surface area contributed by atoms with Crippen molar-refractivity contribution in [2.45, 2.75) is 0 Å². The summed E-state index contributed by atoms with van der Waals surface area (Å²) in [5.74, 6) is 0.507. The van der Waals surface area contributed by atoms with Gasteiger partial charge in [-0.15, -0.1) is 0 Å². The first-order valence-electron chi connectivity index (χ1n) is 3.78. The van der Waals surface area contributed by atoms with Crippen LogP contribution >= 0.6 is 23.2 Å². The molecule has 0 amide bonds. The minimum Gasteiger partial charge on any atom is -0.397 e. The van der Waals surface area contributed by atoms with E-state index >= 15 is 0 Å². The standard InChI is InChI=1S/C8H6Cl2N4/c9-5-2-13-14(4-5)8-7(10)1-6(11)3-12-8/h1-4H,11H2. The van der Waals surface area contributed by atoms with Crippen molar-refractivity contribution in [1.29, 1.82) is 0 Å². The Morgan fingerprint density at radius 3 is 2.64 bits per heavy atom. The molecular formula is C8H6Cl2N4. The summed E-state index contributed by atoms with van der Waals surface area (Å²) in [7, 11) is 0. The zero-order valence-corrected chi connectivity index (χ0v) is 8.50. The van der Waals surface area contributed by atoms with E-state index < -0.39 is 0 Å². The number of pyridine rings is 1. The predicted molar refractivity (Wildman–Crippen MR) is 55.8 cm³/mol. The van der Waals surface area contributed by atoms with Crippen molar-refractivity contribution in [2.75, 3.05) is 5.73 Å². The molecule has 0 fully saturated rings. The van der Waals surface area contributed by atoms with Gasteiger partial charge in [0.1, 0.15) is 0 Å². The topological polar surface area (TPSA) is 56.7 Å². The number of aromatic nitrogens is 3. The van der Waals surface area contributed by atoms with E-state index in [4.69, 9.17) is 28.9 Å². The Kier molecular flexibility index (Phi) is 2.31. The highest BCUT2D eigenvalue weighted by atomic mass is 35.5. The minimum absolute atomic E-state index is 0.435. The summed E-state index contributed by atoms with van der Waals surface area (Å²) in [4.78, 5) is 4.05. The van der Waals surface area contributed by atoms with E-state index in [0.29, 0.717) is 21.6 Å². The lowest BCUT2D eigenvalue weighted by atomic mass is 10.4. The summed E-state index contributed by atoms with van der Waals surface area (Å²) < 4.78 is 1.49. The quantitative estimate of drug-likeness (QED) is 0.814. The maximum absolute atomic E-state index is 5.93. The molecule has 0 saturated carbocycles. The fourth-order valence-corrected chi connectivity index (χ4v) is 1.43. The van der Waals surface area contributed by atoms with Crippen molar-refractivity contribution in [1.82, 2.24) is 14.8 Å². The van der Waals surface area contributed by atoms with Crippen molar-refractivity contribution in [3.8, 4) is 5.82 Å². The van der Waals surface area contributed by atoms with E-state index in [1.807, 2.05) is 0 Å². The Morgan fingerprint density at radius 1 is 1.29 bits per heavy atom. The summed E-state index contributed by atoms with van der Waals surface area (Å²) in [5, 5.41) is 4.94. The Morgan fingerprint density at radius 2 is 2.07 bits per heavy atom. The maximum atomic E-state index is 5.93. The molecule has 0 radical (unpaired) electrons. The molecule has 72 valence electrons. The second kappa shape index (κ2) is 3.48. The molecule has 2 heterocycles. The van der Waals surface area contributed by atoms with Gasteiger partial charge in [0.25, 0.3) is 0 Å². The molecule has 0 aliphatic heterocycles. The molecule has 0 bridgehead atoms. The molecule has 2 aromatic heterocycles. The predicted octanol–water partition coefficient (Wildman–Crippen LogP) is 2.16. The molecule has 4 nitrogen and oxygen atoms in total. The lowest BCUT2D eigenvalue weighted by molar-refractivity contribution is 0.848. The van der Waals surface area contributed by atoms with Crippen LogP contribution in [0.3, 0.4) is 0 Å². The summed E-state index contributed by atoms with van der Waals surface area (Å²) in [5.41, 5.74) is 6.02. The van der Waals surface area contributed by atoms with Crippen LogP contribution in [0, 0.1) is 0 Å². The average Bonchev–Trinajstić information content (AvgIpc) is 2.51. The monoisotopic (exact) mass is 228 g/mol. The molecule has 14 heavy (non-hydrogen) atoms. The van der Waals surface area contributed by atoms with Gasteiger partial charge in [0.05, 0.1) is 34.3 Å². The summed E-state index contributed by atoms with van der Waals surface area (Å²) in [6, 6.07) is 1.61. The van der Waals surface area contributed by atoms with Gasteiger partial charge in [-0.2, -0.15) is 5.10 Å². The molecule has 0 spiro atoms. The van der Waals surface area contributed by atoms with Crippen LogP contribution in [0.5, 0.6) is 0 Å². The Bertz CT molecular complexity index is 466. The van der Waals surface area contributed by atoms with Crippen LogP contribution in [0.2, 0.25) is 10.0 Å². The third kappa shape index (κ3) is 1.66. The van der Waals surface area contributed by atoms with Crippen LogP contribution < -0.4 is 5.73 Å². The Labute approximate surface area is 90.3 Å². The van der Waals surface area contributed by atoms with Crippen LogP contribution in [-0.4, -0.2) is 14.8 Å². The summed E-state index contributed by atoms with van der Waals surface area (Å²) >= 11 is 11.6. The molecule has 0 atom stereocenters. The number of hydrogen-bond donors (Lipinski definition) is 1. The molecule has 0 aliphatic carbocycles. The number of nitrogen functional groups attached to an aromatic ring is 1. The van der Waals surface area contributed by atoms with Crippen LogP contribution in [0.15, 0.2) is 24.7 Å². The van der Waals surface area contributed by atoms with Crippen molar-refractivity contribution in [3.63, 3.8) is 0 Å². The van der Waals surface area contributed by atoms with Gasteiger partial charge in [-0.05, 0) is 6.07 Å². The van der Waals surface area contributed by atoms with E-state index in [0.717, 1.165) is 0 Å². The highest BCUT2D eigenvalue weighted by molar-refractivity contribution is 6.32. The summed E-state index contributed by atoms with van der Waals surface area (Å²) in [6.45, 7) is 0. The van der Waals surface area contributed by atoms with Crippen molar-refractivity contribution < 1.29 is 0 Å². The van der Waals surface area contributed by atoms with Gasteiger partial charge in [-0.1, -0.05) is 23.2 Å². The number of hydrogen-bond acceptors (Lipinski definition) is 3. The maximum Gasteiger partial charge on any atom is 0.172 e. The van der Waals surface area contributed by atoms with Crippen LogP contribution in [-0.2, 0) is 0 Å². The molecule has 0 saturated heterocycles. The van der Waals surface area contributed by atoms with Crippen LogP contribution in [0.25, 0.3) is 5.82 Å². The van der Waals surface area contributed by atoms with E-state index in [9.17, 15) is 0 Å². The molecule has 6 heteroatoms. The highest BCUT2D eigenvalue weighted by Gasteiger charge is 2.05. The number of nitrogens with two attached hydrogens (primary N) is 1. The third-order valence-electron chi connectivity index (χ3n) is 1.61. The third-order valence-corrected chi connectivity index (χ3v) is 2.08. The first kappa shape index (κ1) is 9.30. The SMILES string of the molecule is Nc1cnc(-n2cc(Cl)cn2)c(Cl)c1. The largest absolute Gasteiger partial charge is 0.397 e. The lowest BCUT2D eigenvalue weighted by Crippen LogP contribution is -1.99. The number of rotatable bonds is 1. The number of halogens is 2. The zero-order chi connectivity index (χ0) is 10.1. The number of nitrogens with zero attached hydrogens (tertiary/aromatic N) is 3. The first-order chi connectivity index (χ1) is 6.66. The molecule has 2 aromatic rings. The van der Waals surface area contributed by atoms with Crippen molar-refractivity contribution >= 4 is 28.9 Å². The van der Waals surface area contributed by atoms with Crippen molar-refractivity contribution in [3.05, 3.63) is 34.7 Å². The molecule has 2 rings (SSSR count). The Hall–Kier alpha value is -1.26. The fraction of sp³-hybridized carbons (Fsp3) is 0. The van der Waals surface area contributed by atoms with Gasteiger partial charge in [0.15, 0.2) is 5.82 Å². The minimum atomic E-state index is 0.435. The van der Waals surface area contributed by atoms with E-state index in [1.54, 1.807) is 12.3 Å². The molecule has 2 N–H and O–H groups in total. The number of anilines is 1. The molecule has 0 aromatic carbocycles. The Balaban J connectivity index is 2.52. The highest BCUT2D eigenvalue weighted by Crippen LogP contribution is 2.20. The van der Waals surface area contributed by atoms with Crippen LogP contribution in [0.1, 0.15) is 0 Å². The van der Waals surface area contributed by atoms with Gasteiger partial charge in [0, 0.05) is 0 Å². The second-order valence-corrected chi connectivity index (χ2v) is 3.52. The van der Waals surface area contributed by atoms with Gasteiger partial charge in [-0.3, -0.25) is 0 Å². The molecule has 0 aliphatic rings. The van der Waals surface area contributed by atoms with Gasteiger partial charge in [-0.25, -0.2) is 9.67 Å². The molecular weight excluding hydrogens is 223 g/mol. The van der Waals surface area contributed by atoms with E-state index in [-0.39, 0.29) is 0 Å². The zero-order valence-electron chi connectivity index (χ0n) is 6.98. The van der Waals surface area contributed by atoms with E-state index in [2.05, 4.69) is 10.1 Å².